The molecule has 4 nitrogen and oxygen atoms in total. The fraction of sp³-hybridized carbons (Fsp3) is 0.857. The molecule has 0 heterocycles. The van der Waals surface area contributed by atoms with E-state index in [9.17, 15) is 4.79 Å². The van der Waals surface area contributed by atoms with Gasteiger partial charge in [-0.05, 0) is 33.3 Å². The van der Waals surface area contributed by atoms with Gasteiger partial charge in [-0.3, -0.25) is 10.0 Å². The second-order valence-corrected chi connectivity index (χ2v) is 3.51. The molecule has 0 aliphatic carbocycles. The summed E-state index contributed by atoms with van der Waals surface area (Å²) in [5, 5.41) is 9.54. The summed E-state index contributed by atoms with van der Waals surface area (Å²) in [6, 6.07) is 0. The average Bonchev–Trinajstić information content (AvgIpc) is 2.02. The van der Waals surface area contributed by atoms with E-state index in [2.05, 4.69) is 0 Å². The lowest BCUT2D eigenvalue weighted by molar-refractivity contribution is -0.0328. The number of thioether (sulfide) groups is 1. The fourth-order valence-corrected chi connectivity index (χ4v) is 1.04. The minimum atomic E-state index is -0.297. The number of hydrogen-bond donors (Lipinski definition) is 1. The molecule has 0 saturated heterocycles. The van der Waals surface area contributed by atoms with Crippen molar-refractivity contribution in [2.75, 3.05) is 33.4 Å². The van der Waals surface area contributed by atoms with Gasteiger partial charge in [0, 0.05) is 0 Å². The van der Waals surface area contributed by atoms with Crippen LogP contribution >= 0.6 is 11.8 Å². The molecule has 0 saturated carbocycles. The lowest BCUT2D eigenvalue weighted by Crippen LogP contribution is -2.27. The van der Waals surface area contributed by atoms with Gasteiger partial charge < -0.3 is 4.90 Å². The fourth-order valence-electron chi connectivity index (χ4n) is 0.733. The van der Waals surface area contributed by atoms with Gasteiger partial charge >= 0.3 is 5.24 Å². The standard InChI is InChI=1S/C7H16N2O2S/c1-8(2)5-4-6-9(11)7(10)12-3/h11H,4-6H2,1-3H3. The maximum atomic E-state index is 10.8. The summed E-state index contributed by atoms with van der Waals surface area (Å²) in [6.45, 7) is 1.27. The molecule has 5 heteroatoms. The topological polar surface area (TPSA) is 43.8 Å². The first-order valence-corrected chi connectivity index (χ1v) is 4.99. The van der Waals surface area contributed by atoms with E-state index < -0.39 is 0 Å². The number of carbonyl (C=O) groups excluding carboxylic acids is 1. The predicted octanol–water partition coefficient (Wildman–Crippen LogP) is 1.11. The summed E-state index contributed by atoms with van der Waals surface area (Å²) in [5.74, 6) is 0. The summed E-state index contributed by atoms with van der Waals surface area (Å²) in [5.41, 5.74) is 0. The van der Waals surface area contributed by atoms with Crippen LogP contribution in [-0.4, -0.2) is 53.9 Å². The van der Waals surface area contributed by atoms with Crippen molar-refractivity contribution in [3.63, 3.8) is 0 Å². The molecule has 0 aromatic heterocycles. The van der Waals surface area contributed by atoms with Gasteiger partial charge in [-0.15, -0.1) is 0 Å². The van der Waals surface area contributed by atoms with E-state index in [1.807, 2.05) is 19.0 Å². The Balaban J connectivity index is 3.43. The van der Waals surface area contributed by atoms with Crippen molar-refractivity contribution in [1.29, 1.82) is 0 Å². The Morgan fingerprint density at radius 2 is 2.00 bits per heavy atom. The average molecular weight is 192 g/mol. The van der Waals surface area contributed by atoms with Gasteiger partial charge in [-0.2, -0.15) is 0 Å². The number of nitrogens with zero attached hydrogens (tertiary/aromatic N) is 2. The molecule has 0 aromatic rings. The molecule has 0 rings (SSSR count). The Morgan fingerprint density at radius 1 is 1.42 bits per heavy atom. The zero-order valence-electron chi connectivity index (χ0n) is 7.78. The van der Waals surface area contributed by atoms with Crippen molar-refractivity contribution < 1.29 is 10.0 Å². The predicted molar refractivity (Wildman–Crippen MR) is 50.6 cm³/mol. The molecule has 1 amide bonds. The Labute approximate surface area is 77.5 Å². The first-order chi connectivity index (χ1) is 5.57. The molecule has 12 heavy (non-hydrogen) atoms. The van der Waals surface area contributed by atoms with Gasteiger partial charge in [0.15, 0.2) is 0 Å². The molecule has 0 aromatic carbocycles. The smallest absolute Gasteiger partial charge is 0.304 e. The maximum Gasteiger partial charge on any atom is 0.304 e. The Hall–Kier alpha value is -0.260. The van der Waals surface area contributed by atoms with Crippen LogP contribution in [-0.2, 0) is 0 Å². The van der Waals surface area contributed by atoms with Gasteiger partial charge in [0.05, 0.1) is 6.54 Å². The summed E-state index contributed by atoms with van der Waals surface area (Å²) >= 11 is 1.02. The lowest BCUT2D eigenvalue weighted by Gasteiger charge is -2.14. The van der Waals surface area contributed by atoms with E-state index in [0.717, 1.165) is 29.8 Å². The van der Waals surface area contributed by atoms with Crippen molar-refractivity contribution >= 4 is 17.0 Å². The van der Waals surface area contributed by atoms with Crippen LogP contribution in [0.25, 0.3) is 0 Å². The normalized spacial score (nSPS) is 10.4. The van der Waals surface area contributed by atoms with Crippen molar-refractivity contribution in [1.82, 2.24) is 9.96 Å². The molecule has 0 fully saturated rings. The number of hydroxylamine groups is 2. The summed E-state index contributed by atoms with van der Waals surface area (Å²) < 4.78 is 0. The third-order valence-corrected chi connectivity index (χ3v) is 1.92. The second kappa shape index (κ2) is 6.28. The molecule has 0 atom stereocenters. The van der Waals surface area contributed by atoms with Crippen LogP contribution in [0.5, 0.6) is 0 Å². The zero-order valence-corrected chi connectivity index (χ0v) is 8.60. The van der Waals surface area contributed by atoms with Gasteiger partial charge in [0.2, 0.25) is 0 Å². The monoisotopic (exact) mass is 192 g/mol. The SMILES string of the molecule is CSC(=O)N(O)CCCN(C)C. The Morgan fingerprint density at radius 3 is 2.42 bits per heavy atom. The molecule has 0 unspecified atom stereocenters. The molecule has 0 aliphatic rings. The molecule has 1 N–H and O–H groups in total. The molecule has 72 valence electrons. The molecule has 0 bridgehead atoms. The number of carbonyl (C=O) groups is 1. The van der Waals surface area contributed by atoms with Crippen molar-refractivity contribution in [3.8, 4) is 0 Å². The third-order valence-electron chi connectivity index (χ3n) is 1.36. The van der Waals surface area contributed by atoms with Crippen LogP contribution in [0, 0.1) is 0 Å². The number of hydrogen-bond acceptors (Lipinski definition) is 4. The minimum absolute atomic E-state index is 0.297. The van der Waals surface area contributed by atoms with Gasteiger partial charge in [0.25, 0.3) is 0 Å². The van der Waals surface area contributed by atoms with Crippen LogP contribution in [0.1, 0.15) is 6.42 Å². The zero-order chi connectivity index (χ0) is 9.56. The highest BCUT2D eigenvalue weighted by Gasteiger charge is 2.07. The van der Waals surface area contributed by atoms with Crippen molar-refractivity contribution in [2.45, 2.75) is 6.42 Å². The first kappa shape index (κ1) is 11.7. The maximum absolute atomic E-state index is 10.8. The Kier molecular flexibility index (Phi) is 6.14. The summed E-state index contributed by atoms with van der Waals surface area (Å²) in [6.07, 6.45) is 2.44. The molecule has 0 radical (unpaired) electrons. The molecular weight excluding hydrogens is 176 g/mol. The lowest BCUT2D eigenvalue weighted by atomic mass is 10.4. The Bertz CT molecular complexity index is 141. The van der Waals surface area contributed by atoms with Gasteiger partial charge in [-0.25, -0.2) is 5.06 Å². The quantitative estimate of drug-likeness (QED) is 0.535. The van der Waals surface area contributed by atoms with E-state index in [1.165, 1.54) is 0 Å². The molecule has 0 spiro atoms. The first-order valence-electron chi connectivity index (χ1n) is 3.77. The van der Waals surface area contributed by atoms with Crippen LogP contribution in [0.15, 0.2) is 0 Å². The summed E-state index contributed by atoms with van der Waals surface area (Å²) in [7, 11) is 3.91. The van der Waals surface area contributed by atoms with Crippen LogP contribution in [0.3, 0.4) is 0 Å². The number of rotatable bonds is 4. The van der Waals surface area contributed by atoms with E-state index in [1.54, 1.807) is 6.26 Å². The van der Waals surface area contributed by atoms with Crippen LogP contribution in [0.4, 0.5) is 4.79 Å². The third kappa shape index (κ3) is 5.40. The molecular formula is C7H16N2O2S. The van der Waals surface area contributed by atoms with E-state index in [0.29, 0.717) is 6.54 Å². The minimum Gasteiger partial charge on any atom is -0.309 e. The van der Waals surface area contributed by atoms with E-state index in [-0.39, 0.29) is 5.24 Å². The van der Waals surface area contributed by atoms with Gasteiger partial charge in [-0.1, -0.05) is 11.8 Å². The largest absolute Gasteiger partial charge is 0.309 e. The highest BCUT2D eigenvalue weighted by molar-refractivity contribution is 8.12. The molecule has 0 aliphatic heterocycles. The van der Waals surface area contributed by atoms with E-state index >= 15 is 0 Å². The van der Waals surface area contributed by atoms with Crippen LogP contribution in [0.2, 0.25) is 0 Å². The summed E-state index contributed by atoms with van der Waals surface area (Å²) in [4.78, 5) is 12.8. The van der Waals surface area contributed by atoms with E-state index in [4.69, 9.17) is 5.21 Å². The van der Waals surface area contributed by atoms with Crippen molar-refractivity contribution in [2.24, 2.45) is 0 Å². The highest BCUT2D eigenvalue weighted by Crippen LogP contribution is 2.01. The van der Waals surface area contributed by atoms with Gasteiger partial charge in [0.1, 0.15) is 0 Å². The van der Waals surface area contributed by atoms with Crippen LogP contribution < -0.4 is 0 Å². The van der Waals surface area contributed by atoms with Crippen molar-refractivity contribution in [3.05, 3.63) is 0 Å². The number of amides is 1. The second-order valence-electron chi connectivity index (χ2n) is 2.75. The highest BCUT2D eigenvalue weighted by atomic mass is 32.2.